The first-order valence-electron chi connectivity index (χ1n) is 15.8. The van der Waals surface area contributed by atoms with E-state index < -0.39 is 0 Å². The predicted octanol–water partition coefficient (Wildman–Crippen LogP) is 8.38. The van der Waals surface area contributed by atoms with Crippen molar-refractivity contribution in [3.05, 3.63) is 11.8 Å². The van der Waals surface area contributed by atoms with Gasteiger partial charge in [0.15, 0.2) is 0 Å². The molecule has 204 valence electrons. The molecular formula is C33H55NO2. The number of fused-ring (bicyclic) bond motifs is 5. The van der Waals surface area contributed by atoms with Gasteiger partial charge in [0.2, 0.25) is 5.91 Å². The molecule has 36 heavy (non-hydrogen) atoms. The molecule has 0 bridgehead atoms. The average molecular weight is 498 g/mol. The molecule has 4 aliphatic carbocycles. The van der Waals surface area contributed by atoms with Crippen molar-refractivity contribution in [3.8, 4) is 0 Å². The third-order valence-electron chi connectivity index (χ3n) is 12.3. The van der Waals surface area contributed by atoms with Gasteiger partial charge in [0.1, 0.15) is 6.10 Å². The predicted molar refractivity (Wildman–Crippen MR) is 148 cm³/mol. The molecule has 5 aliphatic rings. The van der Waals surface area contributed by atoms with Crippen LogP contribution in [0, 0.1) is 46.3 Å². The zero-order valence-corrected chi connectivity index (χ0v) is 24.4. The van der Waals surface area contributed by atoms with E-state index in [1.54, 1.807) is 0 Å². The molecule has 0 aromatic carbocycles. The van der Waals surface area contributed by atoms with Crippen LogP contribution in [-0.2, 0) is 9.53 Å². The van der Waals surface area contributed by atoms with E-state index in [0.717, 1.165) is 49.4 Å². The van der Waals surface area contributed by atoms with Crippen LogP contribution in [0.4, 0.5) is 0 Å². The molecule has 0 aromatic heterocycles. The van der Waals surface area contributed by atoms with Crippen LogP contribution in [0.5, 0.6) is 0 Å². The van der Waals surface area contributed by atoms with Gasteiger partial charge in [-0.1, -0.05) is 53.9 Å². The van der Waals surface area contributed by atoms with Crippen LogP contribution in [-0.4, -0.2) is 30.0 Å². The number of carbonyl (C=O) groups is 1. The Morgan fingerprint density at radius 1 is 1.00 bits per heavy atom. The number of ether oxygens (including phenoxy) is 1. The second-order valence-electron chi connectivity index (χ2n) is 14.7. The summed E-state index contributed by atoms with van der Waals surface area (Å²) in [6, 6.07) is 0.339. The fraction of sp³-hybridized carbons (Fsp3) is 0.909. The van der Waals surface area contributed by atoms with Crippen molar-refractivity contribution < 1.29 is 9.53 Å². The molecule has 1 saturated heterocycles. The number of carbonyl (C=O) groups excluding carboxylic acids is 1. The fourth-order valence-corrected chi connectivity index (χ4v) is 10.3. The molecule has 9 atom stereocenters. The van der Waals surface area contributed by atoms with Gasteiger partial charge in [0, 0.05) is 38.3 Å². The molecule has 0 N–H and O–H groups in total. The number of hydrogen-bond donors (Lipinski definition) is 0. The minimum absolute atomic E-state index is 0.246. The lowest BCUT2D eigenvalue weighted by Gasteiger charge is -2.63. The zero-order valence-electron chi connectivity index (χ0n) is 24.4. The highest BCUT2D eigenvalue weighted by Gasteiger charge is 2.64. The number of nitrogens with zero attached hydrogens (tertiary/aromatic N) is 1. The van der Waals surface area contributed by atoms with Crippen molar-refractivity contribution in [3.63, 3.8) is 0 Å². The largest absolute Gasteiger partial charge is 0.495 e. The minimum Gasteiger partial charge on any atom is -0.495 e. The highest BCUT2D eigenvalue weighted by Crippen LogP contribution is 2.67. The van der Waals surface area contributed by atoms with Crippen LogP contribution in [0.2, 0.25) is 0 Å². The van der Waals surface area contributed by atoms with Crippen LogP contribution in [0.3, 0.4) is 0 Å². The van der Waals surface area contributed by atoms with Gasteiger partial charge in [-0.3, -0.25) is 4.79 Å². The lowest BCUT2D eigenvalue weighted by atomic mass is 9.45. The molecule has 1 heterocycles. The Balaban J connectivity index is 1.42. The summed E-state index contributed by atoms with van der Waals surface area (Å²) in [6.07, 6.45) is 20.1. The van der Waals surface area contributed by atoms with Gasteiger partial charge in [-0.15, -0.1) is 0 Å². The second kappa shape index (κ2) is 10.3. The first-order valence-corrected chi connectivity index (χ1v) is 15.8. The lowest BCUT2D eigenvalue weighted by molar-refractivity contribution is -0.184. The second-order valence-corrected chi connectivity index (χ2v) is 14.7. The molecule has 0 spiro atoms. The van der Waals surface area contributed by atoms with Crippen LogP contribution in [0.25, 0.3) is 0 Å². The van der Waals surface area contributed by atoms with Crippen LogP contribution >= 0.6 is 0 Å². The van der Waals surface area contributed by atoms with E-state index in [9.17, 15) is 4.79 Å². The maximum atomic E-state index is 12.8. The van der Waals surface area contributed by atoms with Crippen molar-refractivity contribution in [1.29, 1.82) is 0 Å². The monoisotopic (exact) mass is 497 g/mol. The smallest absolute Gasteiger partial charge is 0.222 e. The summed E-state index contributed by atoms with van der Waals surface area (Å²) in [6.45, 7) is 12.6. The number of allylic oxidation sites excluding steroid dienone is 2. The summed E-state index contributed by atoms with van der Waals surface area (Å²) in [5.41, 5.74) is 0.705. The Kier molecular flexibility index (Phi) is 7.61. The van der Waals surface area contributed by atoms with E-state index in [0.29, 0.717) is 29.2 Å². The zero-order chi connectivity index (χ0) is 25.7. The van der Waals surface area contributed by atoms with E-state index in [4.69, 9.17) is 4.74 Å². The van der Waals surface area contributed by atoms with Gasteiger partial charge in [-0.05, 0) is 97.9 Å². The van der Waals surface area contributed by atoms with Gasteiger partial charge in [0.05, 0.1) is 5.76 Å². The molecule has 5 rings (SSSR count). The van der Waals surface area contributed by atoms with Crippen molar-refractivity contribution in [2.45, 2.75) is 137 Å². The molecule has 3 saturated carbocycles. The standard InChI is InChI=1S/C33H55NO2/c1-22(2)11-10-12-23(3)25-15-16-26-31-27(17-19-32(25,26)4)33(5)20-18-30(35)34(6)29(33)21-28(31)36-24-13-8-7-9-14-24/h13,22-23,25-29,31H,7-12,14-21H2,1-6H3/t23?,25?,26?,27?,28?,29?,31?,32-,33-/m1/s1. The van der Waals surface area contributed by atoms with Crippen molar-refractivity contribution in [1.82, 2.24) is 4.90 Å². The van der Waals surface area contributed by atoms with E-state index in [-0.39, 0.29) is 11.5 Å². The first-order chi connectivity index (χ1) is 17.1. The Bertz CT molecular complexity index is 834. The normalized spacial score (nSPS) is 43.5. The van der Waals surface area contributed by atoms with Gasteiger partial charge in [0.25, 0.3) is 0 Å². The molecule has 1 aliphatic heterocycles. The van der Waals surface area contributed by atoms with Gasteiger partial charge >= 0.3 is 0 Å². The molecule has 3 nitrogen and oxygen atoms in total. The van der Waals surface area contributed by atoms with Crippen molar-refractivity contribution in [2.75, 3.05) is 7.05 Å². The number of rotatable bonds is 7. The summed E-state index contributed by atoms with van der Waals surface area (Å²) < 4.78 is 7.04. The SMILES string of the molecule is CC(C)CCCC(C)C1CCC2C3C(OC4=CCCCC4)CC4N(C)C(=O)CC[C@]4(C)C3CC[C@]12C. The third-order valence-corrected chi connectivity index (χ3v) is 12.3. The van der Waals surface area contributed by atoms with Gasteiger partial charge < -0.3 is 9.64 Å². The van der Waals surface area contributed by atoms with Crippen molar-refractivity contribution in [2.24, 2.45) is 46.3 Å². The average Bonchev–Trinajstić information content (AvgIpc) is 3.20. The van der Waals surface area contributed by atoms with Crippen LogP contribution in [0.1, 0.15) is 125 Å². The molecule has 1 amide bonds. The summed E-state index contributed by atoms with van der Waals surface area (Å²) in [4.78, 5) is 14.9. The van der Waals surface area contributed by atoms with Crippen LogP contribution in [0.15, 0.2) is 11.8 Å². The van der Waals surface area contributed by atoms with E-state index >= 15 is 0 Å². The highest BCUT2D eigenvalue weighted by atomic mass is 16.5. The van der Waals surface area contributed by atoms with E-state index in [1.165, 1.54) is 70.0 Å². The quantitative estimate of drug-likeness (QED) is 0.353. The number of hydrogen-bond acceptors (Lipinski definition) is 2. The summed E-state index contributed by atoms with van der Waals surface area (Å²) >= 11 is 0. The van der Waals surface area contributed by atoms with E-state index in [1.807, 2.05) is 0 Å². The van der Waals surface area contributed by atoms with Gasteiger partial charge in [-0.2, -0.15) is 0 Å². The maximum Gasteiger partial charge on any atom is 0.222 e. The lowest BCUT2D eigenvalue weighted by Crippen LogP contribution is -2.65. The third kappa shape index (κ3) is 4.57. The summed E-state index contributed by atoms with van der Waals surface area (Å²) in [5, 5.41) is 0. The maximum absolute atomic E-state index is 12.8. The first kappa shape index (κ1) is 26.6. The Morgan fingerprint density at radius 2 is 1.78 bits per heavy atom. The minimum atomic E-state index is 0.246. The fourth-order valence-electron chi connectivity index (χ4n) is 10.3. The van der Waals surface area contributed by atoms with Gasteiger partial charge in [-0.25, -0.2) is 0 Å². The topological polar surface area (TPSA) is 29.5 Å². The highest BCUT2D eigenvalue weighted by molar-refractivity contribution is 5.77. The van der Waals surface area contributed by atoms with E-state index in [2.05, 4.69) is 52.6 Å². The molecule has 0 radical (unpaired) electrons. The summed E-state index contributed by atoms with van der Waals surface area (Å²) in [7, 11) is 2.08. The summed E-state index contributed by atoms with van der Waals surface area (Å²) in [5.74, 6) is 6.26. The molecule has 4 fully saturated rings. The van der Waals surface area contributed by atoms with Crippen LogP contribution < -0.4 is 0 Å². The number of likely N-dealkylation sites (tertiary alicyclic amines) is 1. The molecule has 3 heteroatoms. The number of piperidine rings is 1. The molecular weight excluding hydrogens is 442 g/mol. The Hall–Kier alpha value is -0.990. The Labute approximate surface area is 222 Å². The molecule has 0 aromatic rings. The number of amides is 1. The Morgan fingerprint density at radius 3 is 2.50 bits per heavy atom. The molecule has 7 unspecified atom stereocenters. The van der Waals surface area contributed by atoms with Crippen molar-refractivity contribution >= 4 is 5.91 Å².